The van der Waals surface area contributed by atoms with E-state index in [1.807, 2.05) is 12.1 Å². The summed E-state index contributed by atoms with van der Waals surface area (Å²) in [6.07, 6.45) is 2.64. The van der Waals surface area contributed by atoms with Gasteiger partial charge in [-0.3, -0.25) is 0 Å². The van der Waals surface area contributed by atoms with Crippen molar-refractivity contribution in [2.24, 2.45) is 0 Å². The zero-order valence-electron chi connectivity index (χ0n) is 14.0. The molecule has 0 unspecified atom stereocenters. The number of anilines is 1. The molecule has 0 saturated heterocycles. The van der Waals surface area contributed by atoms with Crippen molar-refractivity contribution in [1.29, 1.82) is 0 Å². The average Bonchev–Trinajstić information content (AvgIpc) is 2.55. The van der Waals surface area contributed by atoms with Crippen LogP contribution in [0.3, 0.4) is 0 Å². The molecule has 0 amide bonds. The first kappa shape index (κ1) is 17.2. The standard InChI is InChI=1S/C18H23N3OS/c1-5-15(14-9-8-12(2)13(3)11-14)20-18(23)21-17-16(22-4)7-6-10-19-17/h6-11,15H,5H2,1-4H3,(H2,19,20,21,23)/t15-/m0/s1. The Bertz CT molecular complexity index is 688. The van der Waals surface area contributed by atoms with E-state index in [1.165, 1.54) is 16.7 Å². The monoisotopic (exact) mass is 329 g/mol. The molecule has 0 fully saturated rings. The Morgan fingerprint density at radius 1 is 1.26 bits per heavy atom. The van der Waals surface area contributed by atoms with Gasteiger partial charge in [0.2, 0.25) is 0 Å². The summed E-state index contributed by atoms with van der Waals surface area (Å²) in [5, 5.41) is 6.99. The van der Waals surface area contributed by atoms with Crippen LogP contribution in [0.15, 0.2) is 36.5 Å². The van der Waals surface area contributed by atoms with E-state index in [0.717, 1.165) is 6.42 Å². The summed E-state index contributed by atoms with van der Waals surface area (Å²) in [5.74, 6) is 1.28. The Morgan fingerprint density at radius 2 is 2.04 bits per heavy atom. The number of rotatable bonds is 5. The third kappa shape index (κ3) is 4.42. The lowest BCUT2D eigenvalue weighted by Crippen LogP contribution is -2.32. The van der Waals surface area contributed by atoms with Gasteiger partial charge in [-0.05, 0) is 61.3 Å². The summed E-state index contributed by atoms with van der Waals surface area (Å²) in [5.41, 5.74) is 3.81. The number of benzene rings is 1. The van der Waals surface area contributed by atoms with Gasteiger partial charge in [-0.2, -0.15) is 0 Å². The highest BCUT2D eigenvalue weighted by Crippen LogP contribution is 2.22. The second-order valence-electron chi connectivity index (χ2n) is 5.46. The smallest absolute Gasteiger partial charge is 0.174 e. The van der Waals surface area contributed by atoms with Crippen LogP contribution < -0.4 is 15.4 Å². The normalized spacial score (nSPS) is 11.7. The Morgan fingerprint density at radius 3 is 2.70 bits per heavy atom. The molecule has 1 heterocycles. The molecule has 0 aliphatic rings. The van der Waals surface area contributed by atoms with Crippen LogP contribution in [-0.2, 0) is 0 Å². The Labute approximate surface area is 143 Å². The van der Waals surface area contributed by atoms with Gasteiger partial charge in [-0.15, -0.1) is 0 Å². The van der Waals surface area contributed by atoms with Crippen molar-refractivity contribution in [3.05, 3.63) is 53.2 Å². The molecule has 0 aliphatic heterocycles. The van der Waals surface area contributed by atoms with E-state index in [9.17, 15) is 0 Å². The zero-order valence-corrected chi connectivity index (χ0v) is 14.8. The van der Waals surface area contributed by atoms with Gasteiger partial charge in [0.15, 0.2) is 16.7 Å². The molecule has 0 spiro atoms. The molecular formula is C18H23N3OS. The summed E-state index contributed by atoms with van der Waals surface area (Å²) < 4.78 is 5.28. The van der Waals surface area contributed by atoms with E-state index in [0.29, 0.717) is 16.7 Å². The van der Waals surface area contributed by atoms with Crippen LogP contribution in [0.2, 0.25) is 0 Å². The fourth-order valence-electron chi connectivity index (χ4n) is 2.35. The molecule has 23 heavy (non-hydrogen) atoms. The number of ether oxygens (including phenoxy) is 1. The lowest BCUT2D eigenvalue weighted by atomic mass is 9.99. The molecule has 0 saturated carbocycles. The summed E-state index contributed by atoms with van der Waals surface area (Å²) in [4.78, 5) is 4.26. The summed E-state index contributed by atoms with van der Waals surface area (Å²) in [6, 6.07) is 10.3. The summed E-state index contributed by atoms with van der Waals surface area (Å²) in [7, 11) is 1.61. The number of hydrogen-bond acceptors (Lipinski definition) is 3. The van der Waals surface area contributed by atoms with Crippen LogP contribution in [0, 0.1) is 13.8 Å². The minimum Gasteiger partial charge on any atom is -0.493 e. The molecule has 122 valence electrons. The molecule has 1 aromatic heterocycles. The van der Waals surface area contributed by atoms with Gasteiger partial charge < -0.3 is 15.4 Å². The van der Waals surface area contributed by atoms with E-state index in [-0.39, 0.29) is 6.04 Å². The van der Waals surface area contributed by atoms with Crippen LogP contribution in [0.5, 0.6) is 5.75 Å². The number of aromatic nitrogens is 1. The number of pyridine rings is 1. The Balaban J connectivity index is 2.09. The first-order chi connectivity index (χ1) is 11.0. The lowest BCUT2D eigenvalue weighted by Gasteiger charge is -2.21. The molecule has 4 nitrogen and oxygen atoms in total. The largest absolute Gasteiger partial charge is 0.493 e. The van der Waals surface area contributed by atoms with Gasteiger partial charge in [-0.1, -0.05) is 25.1 Å². The maximum absolute atomic E-state index is 5.43. The van der Waals surface area contributed by atoms with Crippen LogP contribution >= 0.6 is 12.2 Å². The number of nitrogens with zero attached hydrogens (tertiary/aromatic N) is 1. The molecule has 5 heteroatoms. The SMILES string of the molecule is CC[C@H](NC(=S)Nc1ncccc1OC)c1ccc(C)c(C)c1. The predicted molar refractivity (Wildman–Crippen MR) is 99.1 cm³/mol. The number of aryl methyl sites for hydroxylation is 2. The Hall–Kier alpha value is -2.14. The van der Waals surface area contributed by atoms with Gasteiger partial charge in [0, 0.05) is 6.20 Å². The third-order valence-electron chi connectivity index (χ3n) is 3.87. The van der Waals surface area contributed by atoms with E-state index < -0.39 is 0 Å². The van der Waals surface area contributed by atoms with Crippen molar-refractivity contribution in [3.63, 3.8) is 0 Å². The van der Waals surface area contributed by atoms with Crippen LogP contribution in [0.4, 0.5) is 5.82 Å². The van der Waals surface area contributed by atoms with E-state index >= 15 is 0 Å². The third-order valence-corrected chi connectivity index (χ3v) is 4.09. The van der Waals surface area contributed by atoms with Crippen LogP contribution in [-0.4, -0.2) is 17.2 Å². The molecule has 2 aromatic rings. The molecule has 2 N–H and O–H groups in total. The fourth-order valence-corrected chi connectivity index (χ4v) is 2.59. The van der Waals surface area contributed by atoms with Crippen LogP contribution in [0.25, 0.3) is 0 Å². The van der Waals surface area contributed by atoms with Gasteiger partial charge in [0.1, 0.15) is 0 Å². The van der Waals surface area contributed by atoms with Gasteiger partial charge >= 0.3 is 0 Å². The molecule has 1 atom stereocenters. The minimum atomic E-state index is 0.156. The number of methoxy groups -OCH3 is 1. The molecule has 0 bridgehead atoms. The molecular weight excluding hydrogens is 306 g/mol. The van der Waals surface area contributed by atoms with E-state index in [4.69, 9.17) is 17.0 Å². The highest BCUT2D eigenvalue weighted by Gasteiger charge is 2.13. The van der Waals surface area contributed by atoms with Crippen molar-refractivity contribution >= 4 is 23.1 Å². The quantitative estimate of drug-likeness (QED) is 0.807. The first-order valence-electron chi connectivity index (χ1n) is 7.68. The fraction of sp³-hybridized carbons (Fsp3) is 0.333. The van der Waals surface area contributed by atoms with Crippen molar-refractivity contribution < 1.29 is 4.74 Å². The summed E-state index contributed by atoms with van der Waals surface area (Å²) >= 11 is 5.43. The second kappa shape index (κ2) is 7.92. The topological polar surface area (TPSA) is 46.2 Å². The molecule has 2 rings (SSSR count). The minimum absolute atomic E-state index is 0.156. The van der Waals surface area contributed by atoms with Crippen molar-refractivity contribution in [2.75, 3.05) is 12.4 Å². The number of nitrogens with one attached hydrogen (secondary N) is 2. The number of hydrogen-bond donors (Lipinski definition) is 2. The van der Waals surface area contributed by atoms with E-state index in [2.05, 4.69) is 54.6 Å². The average molecular weight is 329 g/mol. The molecule has 1 aromatic carbocycles. The van der Waals surface area contributed by atoms with Crippen molar-refractivity contribution in [2.45, 2.75) is 33.2 Å². The van der Waals surface area contributed by atoms with E-state index in [1.54, 1.807) is 13.3 Å². The van der Waals surface area contributed by atoms with Crippen molar-refractivity contribution in [1.82, 2.24) is 10.3 Å². The zero-order chi connectivity index (χ0) is 16.8. The summed E-state index contributed by atoms with van der Waals surface area (Å²) in [6.45, 7) is 6.38. The first-order valence-corrected chi connectivity index (χ1v) is 8.09. The molecule has 0 radical (unpaired) electrons. The van der Waals surface area contributed by atoms with Gasteiger partial charge in [0.05, 0.1) is 13.2 Å². The van der Waals surface area contributed by atoms with Gasteiger partial charge in [0.25, 0.3) is 0 Å². The maximum Gasteiger partial charge on any atom is 0.174 e. The lowest BCUT2D eigenvalue weighted by molar-refractivity contribution is 0.415. The number of thiocarbonyl (C=S) groups is 1. The highest BCUT2D eigenvalue weighted by atomic mass is 32.1. The van der Waals surface area contributed by atoms with Crippen LogP contribution in [0.1, 0.15) is 36.1 Å². The Kier molecular flexibility index (Phi) is 5.93. The van der Waals surface area contributed by atoms with Gasteiger partial charge in [-0.25, -0.2) is 4.98 Å². The highest BCUT2D eigenvalue weighted by molar-refractivity contribution is 7.80. The predicted octanol–water partition coefficient (Wildman–Crippen LogP) is 4.14. The maximum atomic E-state index is 5.43. The second-order valence-corrected chi connectivity index (χ2v) is 5.87. The van der Waals surface area contributed by atoms with Crippen molar-refractivity contribution in [3.8, 4) is 5.75 Å². The molecule has 0 aliphatic carbocycles.